The molecular formula is C18H20F6N2O4. The Bertz CT molecular complexity index is 656. The fourth-order valence-electron chi connectivity index (χ4n) is 4.83. The van der Waals surface area contributed by atoms with E-state index >= 15 is 0 Å². The lowest BCUT2D eigenvalue weighted by Crippen LogP contribution is -2.40. The number of nitrogens with zero attached hydrogens (tertiary/aromatic N) is 2. The molecule has 2 amide bonds. The third-order valence-electron chi connectivity index (χ3n) is 6.17. The van der Waals surface area contributed by atoms with Crippen molar-refractivity contribution in [3.63, 3.8) is 0 Å². The number of hydrogen-bond donors (Lipinski definition) is 0. The molecule has 0 N–H and O–H groups in total. The SMILES string of the molecule is O=C1C[C@@H]2CN(C(=O)C(F)(F)F)C[C@@H]2C1.O=C1C[C@@H]2CN(C(=O)C(F)(F)F)C[C@@H]2C1. The van der Waals surface area contributed by atoms with Crippen LogP contribution in [0, 0.1) is 23.7 Å². The van der Waals surface area contributed by atoms with E-state index in [1.54, 1.807) is 0 Å². The van der Waals surface area contributed by atoms with Crippen LogP contribution in [0.25, 0.3) is 0 Å². The van der Waals surface area contributed by atoms with Crippen LogP contribution in [0.4, 0.5) is 26.3 Å². The lowest BCUT2D eigenvalue weighted by Gasteiger charge is -2.18. The minimum absolute atomic E-state index is 0.0520. The monoisotopic (exact) mass is 442 g/mol. The average molecular weight is 442 g/mol. The van der Waals surface area contributed by atoms with E-state index in [-0.39, 0.29) is 61.4 Å². The second-order valence-corrected chi connectivity index (χ2v) is 8.35. The number of rotatable bonds is 0. The quantitative estimate of drug-likeness (QED) is 0.538. The molecule has 0 aromatic heterocycles. The van der Waals surface area contributed by atoms with Crippen molar-refractivity contribution in [3.8, 4) is 0 Å². The maximum absolute atomic E-state index is 12.1. The first-order valence-electron chi connectivity index (χ1n) is 9.51. The largest absolute Gasteiger partial charge is 0.471 e. The molecule has 2 aliphatic carbocycles. The van der Waals surface area contributed by atoms with Gasteiger partial charge in [0.15, 0.2) is 0 Å². The molecule has 0 unspecified atom stereocenters. The smallest absolute Gasteiger partial charge is 0.334 e. The van der Waals surface area contributed by atoms with Crippen molar-refractivity contribution in [3.05, 3.63) is 0 Å². The topological polar surface area (TPSA) is 74.8 Å². The number of hydrogen-bond acceptors (Lipinski definition) is 4. The number of Topliss-reactive ketones (excluding diaryl/α,β-unsaturated/α-hetero) is 2. The highest BCUT2D eigenvalue weighted by atomic mass is 19.4. The molecule has 4 rings (SSSR count). The summed E-state index contributed by atoms with van der Waals surface area (Å²) in [6.07, 6.45) is -8.28. The molecule has 4 aliphatic rings. The number of carbonyl (C=O) groups is 4. The van der Waals surface area contributed by atoms with Gasteiger partial charge < -0.3 is 9.80 Å². The van der Waals surface area contributed by atoms with Gasteiger partial charge in [0.25, 0.3) is 0 Å². The predicted octanol–water partition coefficient (Wildman–Crippen LogP) is 1.97. The van der Waals surface area contributed by atoms with E-state index in [0.29, 0.717) is 25.7 Å². The van der Waals surface area contributed by atoms with Gasteiger partial charge in [-0.1, -0.05) is 0 Å². The van der Waals surface area contributed by atoms with Crippen molar-refractivity contribution in [1.82, 2.24) is 9.80 Å². The summed E-state index contributed by atoms with van der Waals surface area (Å²) < 4.78 is 72.6. The van der Waals surface area contributed by atoms with Crippen molar-refractivity contribution in [2.75, 3.05) is 26.2 Å². The van der Waals surface area contributed by atoms with E-state index < -0.39 is 24.2 Å². The van der Waals surface area contributed by atoms with Crippen LogP contribution in [0.3, 0.4) is 0 Å². The first kappa shape index (κ1) is 22.5. The number of halogens is 6. The Hall–Kier alpha value is -2.14. The van der Waals surface area contributed by atoms with E-state index in [2.05, 4.69) is 0 Å². The minimum Gasteiger partial charge on any atom is -0.334 e. The van der Waals surface area contributed by atoms with Gasteiger partial charge in [0.2, 0.25) is 0 Å². The number of likely N-dealkylation sites (tertiary alicyclic amines) is 2. The highest BCUT2D eigenvalue weighted by Crippen LogP contribution is 2.38. The maximum atomic E-state index is 12.1. The Balaban J connectivity index is 0.000000171. The van der Waals surface area contributed by atoms with Gasteiger partial charge in [0.05, 0.1) is 0 Å². The van der Waals surface area contributed by atoms with Gasteiger partial charge in [0, 0.05) is 51.9 Å². The molecule has 4 atom stereocenters. The highest BCUT2D eigenvalue weighted by Gasteiger charge is 2.50. The van der Waals surface area contributed by atoms with Gasteiger partial charge in [-0.2, -0.15) is 26.3 Å². The first-order valence-corrected chi connectivity index (χ1v) is 9.51. The molecule has 2 aliphatic heterocycles. The zero-order chi connectivity index (χ0) is 22.4. The van der Waals surface area contributed by atoms with Crippen LogP contribution < -0.4 is 0 Å². The second-order valence-electron chi connectivity index (χ2n) is 8.35. The average Bonchev–Trinajstić information content (AvgIpc) is 3.30. The Kier molecular flexibility index (Phi) is 5.89. The van der Waals surface area contributed by atoms with E-state index in [9.17, 15) is 45.5 Å². The van der Waals surface area contributed by atoms with Crippen molar-refractivity contribution >= 4 is 23.4 Å². The summed E-state index contributed by atoms with van der Waals surface area (Å²) in [5.74, 6) is -3.55. The fraction of sp³-hybridized carbons (Fsp3) is 0.778. The third kappa shape index (κ3) is 4.77. The Labute approximate surface area is 167 Å². The summed E-state index contributed by atoms with van der Waals surface area (Å²) in [7, 11) is 0. The van der Waals surface area contributed by atoms with Gasteiger partial charge in [-0.3, -0.25) is 19.2 Å². The molecule has 0 bridgehead atoms. The molecular weight excluding hydrogens is 422 g/mol. The lowest BCUT2D eigenvalue weighted by atomic mass is 10.0. The van der Waals surface area contributed by atoms with Crippen LogP contribution in [-0.2, 0) is 19.2 Å². The second kappa shape index (κ2) is 7.84. The van der Waals surface area contributed by atoms with Gasteiger partial charge in [-0.15, -0.1) is 0 Å². The Morgan fingerprint density at radius 1 is 0.600 bits per heavy atom. The number of alkyl halides is 6. The van der Waals surface area contributed by atoms with Crippen LogP contribution in [0.1, 0.15) is 25.7 Å². The van der Waals surface area contributed by atoms with Gasteiger partial charge in [-0.05, 0) is 23.7 Å². The summed E-state index contributed by atoms with van der Waals surface area (Å²) in [5.41, 5.74) is 0. The molecule has 0 radical (unpaired) electrons. The minimum atomic E-state index is -4.79. The van der Waals surface area contributed by atoms with Crippen molar-refractivity contribution in [1.29, 1.82) is 0 Å². The molecule has 4 fully saturated rings. The van der Waals surface area contributed by atoms with Crippen LogP contribution >= 0.6 is 0 Å². The molecule has 2 saturated carbocycles. The van der Waals surface area contributed by atoms with E-state index in [1.165, 1.54) is 0 Å². The van der Waals surface area contributed by atoms with Gasteiger partial charge in [-0.25, -0.2) is 0 Å². The van der Waals surface area contributed by atoms with Crippen LogP contribution in [0.15, 0.2) is 0 Å². The van der Waals surface area contributed by atoms with Crippen LogP contribution in [0.2, 0.25) is 0 Å². The summed E-state index contributed by atoms with van der Waals surface area (Å²) in [4.78, 5) is 45.4. The van der Waals surface area contributed by atoms with Crippen LogP contribution in [-0.4, -0.2) is 71.7 Å². The van der Waals surface area contributed by atoms with Crippen LogP contribution in [0.5, 0.6) is 0 Å². The summed E-state index contributed by atoms with van der Waals surface area (Å²) in [6, 6.07) is 0. The number of amides is 2. The number of carbonyl (C=O) groups excluding carboxylic acids is 4. The normalized spacial score (nSPS) is 30.9. The zero-order valence-electron chi connectivity index (χ0n) is 15.8. The number of ketones is 2. The number of fused-ring (bicyclic) bond motifs is 2. The zero-order valence-corrected chi connectivity index (χ0v) is 15.8. The molecule has 30 heavy (non-hydrogen) atoms. The molecule has 6 nitrogen and oxygen atoms in total. The van der Waals surface area contributed by atoms with Crippen molar-refractivity contribution < 1.29 is 45.5 Å². The Morgan fingerprint density at radius 3 is 1.03 bits per heavy atom. The molecule has 0 aromatic rings. The van der Waals surface area contributed by atoms with Gasteiger partial charge >= 0.3 is 24.2 Å². The summed E-state index contributed by atoms with van der Waals surface area (Å²) in [5, 5.41) is 0. The maximum Gasteiger partial charge on any atom is 0.471 e. The third-order valence-corrected chi connectivity index (χ3v) is 6.17. The molecule has 2 heterocycles. The van der Waals surface area contributed by atoms with E-state index in [1.807, 2.05) is 0 Å². The standard InChI is InChI=1S/2C9H10F3NO2/c2*10-9(11,12)8(15)13-3-5-1-7(14)2-6(5)4-13/h2*5-6H,1-4H2/t2*5-,6+. The Morgan fingerprint density at radius 2 is 0.833 bits per heavy atom. The molecule has 12 heteroatoms. The molecule has 2 saturated heterocycles. The first-order chi connectivity index (χ1) is 13.8. The summed E-state index contributed by atoms with van der Waals surface area (Å²) >= 11 is 0. The lowest BCUT2D eigenvalue weighted by molar-refractivity contribution is -0.184. The predicted molar refractivity (Wildman–Crippen MR) is 87.7 cm³/mol. The fourth-order valence-corrected chi connectivity index (χ4v) is 4.83. The highest BCUT2D eigenvalue weighted by molar-refractivity contribution is 5.85. The summed E-state index contributed by atoms with van der Waals surface area (Å²) in [6.45, 7) is 0.312. The van der Waals surface area contributed by atoms with Gasteiger partial charge in [0.1, 0.15) is 11.6 Å². The molecule has 0 aromatic carbocycles. The van der Waals surface area contributed by atoms with Crippen molar-refractivity contribution in [2.45, 2.75) is 38.0 Å². The van der Waals surface area contributed by atoms with E-state index in [0.717, 1.165) is 9.80 Å². The van der Waals surface area contributed by atoms with Crippen molar-refractivity contribution in [2.24, 2.45) is 23.7 Å². The van der Waals surface area contributed by atoms with E-state index in [4.69, 9.17) is 0 Å². The molecule has 0 spiro atoms. The molecule has 168 valence electrons.